The topological polar surface area (TPSA) is 52.1 Å². The van der Waals surface area contributed by atoms with Crippen LogP contribution in [0.2, 0.25) is 0 Å². The van der Waals surface area contributed by atoms with Crippen molar-refractivity contribution in [1.82, 2.24) is 9.97 Å². The summed E-state index contributed by atoms with van der Waals surface area (Å²) in [6.45, 7) is 2.09. The zero-order valence-corrected chi connectivity index (χ0v) is 17.1. The second-order valence-electron chi connectivity index (χ2n) is 6.36. The van der Waals surface area contributed by atoms with E-state index in [2.05, 4.69) is 46.5 Å². The fourth-order valence-corrected chi connectivity index (χ4v) is 4.90. The molecule has 4 rings (SSSR count). The number of aryl methyl sites for hydroxylation is 1. The number of thioether (sulfide) groups is 1. The molecule has 2 heterocycles. The van der Waals surface area contributed by atoms with Crippen LogP contribution in [0.5, 0.6) is 0 Å². The Morgan fingerprint density at radius 3 is 2.75 bits per heavy atom. The Kier molecular flexibility index (Phi) is 5.41. The molecule has 0 fully saturated rings. The van der Waals surface area contributed by atoms with Crippen LogP contribution in [-0.2, 0) is 10.5 Å². The Labute approximate surface area is 171 Å². The third-order valence-electron chi connectivity index (χ3n) is 4.42. The van der Waals surface area contributed by atoms with Crippen molar-refractivity contribution in [2.45, 2.75) is 17.7 Å². The molecule has 4 aromatic rings. The molecule has 0 aliphatic carbocycles. The van der Waals surface area contributed by atoms with Gasteiger partial charge in [0.1, 0.15) is 16.2 Å². The number of hydrogen-bond acceptors (Lipinski definition) is 6. The Morgan fingerprint density at radius 1 is 1.14 bits per heavy atom. The maximum atomic E-state index is 11.8. The van der Waals surface area contributed by atoms with E-state index in [1.807, 2.05) is 18.2 Å². The van der Waals surface area contributed by atoms with Crippen LogP contribution in [0.3, 0.4) is 0 Å². The van der Waals surface area contributed by atoms with Gasteiger partial charge in [-0.15, -0.1) is 23.1 Å². The third kappa shape index (κ3) is 3.79. The number of carbonyl (C=O) groups is 1. The Bertz CT molecular complexity index is 1140. The van der Waals surface area contributed by atoms with E-state index in [0.29, 0.717) is 11.3 Å². The maximum Gasteiger partial charge on any atom is 0.337 e. The number of ether oxygens (including phenoxy) is 1. The fourth-order valence-electron chi connectivity index (χ4n) is 2.96. The summed E-state index contributed by atoms with van der Waals surface area (Å²) >= 11 is 3.28. The van der Waals surface area contributed by atoms with Gasteiger partial charge < -0.3 is 4.74 Å². The average Bonchev–Trinajstić information content (AvgIpc) is 3.17. The number of benzene rings is 2. The zero-order valence-electron chi connectivity index (χ0n) is 15.5. The molecule has 28 heavy (non-hydrogen) atoms. The van der Waals surface area contributed by atoms with Crippen LogP contribution in [0, 0.1) is 6.92 Å². The quantitative estimate of drug-likeness (QED) is 0.240. The second-order valence-corrected chi connectivity index (χ2v) is 8.18. The van der Waals surface area contributed by atoms with Crippen molar-refractivity contribution < 1.29 is 9.53 Å². The standard InChI is InChI=1S/C22H18N2O2S2/c1-14-6-8-16(9-7-14)18-12-28-21-19(18)20(23-13-24-21)27-11-15-4-3-5-17(10-15)22(25)26-2/h3-10,12-13H,11H2,1-2H3. The van der Waals surface area contributed by atoms with Gasteiger partial charge >= 0.3 is 5.97 Å². The lowest BCUT2D eigenvalue weighted by Crippen LogP contribution is -2.01. The lowest BCUT2D eigenvalue weighted by molar-refractivity contribution is 0.0600. The molecule has 6 heteroatoms. The fraction of sp³-hybridized carbons (Fsp3) is 0.136. The number of rotatable bonds is 5. The van der Waals surface area contributed by atoms with Crippen LogP contribution in [-0.4, -0.2) is 23.0 Å². The summed E-state index contributed by atoms with van der Waals surface area (Å²) in [7, 11) is 1.39. The molecule has 0 aliphatic rings. The molecule has 0 saturated carbocycles. The molecule has 0 amide bonds. The molecule has 2 aromatic carbocycles. The molecule has 0 aliphatic heterocycles. The monoisotopic (exact) mass is 406 g/mol. The van der Waals surface area contributed by atoms with Crippen LogP contribution in [0.15, 0.2) is 65.3 Å². The number of methoxy groups -OCH3 is 1. The van der Waals surface area contributed by atoms with E-state index in [0.717, 1.165) is 26.4 Å². The largest absolute Gasteiger partial charge is 0.465 e. The molecule has 0 atom stereocenters. The lowest BCUT2D eigenvalue weighted by Gasteiger charge is -2.07. The number of esters is 1. The van der Waals surface area contributed by atoms with E-state index in [4.69, 9.17) is 4.74 Å². The predicted octanol–water partition coefficient (Wildman–Crippen LogP) is 5.75. The minimum atomic E-state index is -0.323. The van der Waals surface area contributed by atoms with Crippen molar-refractivity contribution in [1.29, 1.82) is 0 Å². The predicted molar refractivity (Wildman–Crippen MR) is 115 cm³/mol. The summed E-state index contributed by atoms with van der Waals surface area (Å²) in [5, 5.41) is 4.18. The van der Waals surface area contributed by atoms with Gasteiger partial charge in [-0.2, -0.15) is 0 Å². The van der Waals surface area contributed by atoms with E-state index >= 15 is 0 Å². The number of aromatic nitrogens is 2. The van der Waals surface area contributed by atoms with E-state index in [9.17, 15) is 4.79 Å². The minimum absolute atomic E-state index is 0.323. The molecule has 0 radical (unpaired) electrons. The Balaban J connectivity index is 1.65. The van der Waals surface area contributed by atoms with E-state index < -0.39 is 0 Å². The van der Waals surface area contributed by atoms with Gasteiger partial charge in [0.05, 0.1) is 18.1 Å². The number of carbonyl (C=O) groups excluding carboxylic acids is 1. The average molecular weight is 407 g/mol. The Morgan fingerprint density at radius 2 is 1.96 bits per heavy atom. The van der Waals surface area contributed by atoms with Gasteiger partial charge in [-0.3, -0.25) is 0 Å². The highest BCUT2D eigenvalue weighted by Gasteiger charge is 2.14. The molecular formula is C22H18N2O2S2. The molecule has 0 bridgehead atoms. The molecule has 140 valence electrons. The van der Waals surface area contributed by atoms with Crippen molar-refractivity contribution in [3.05, 3.63) is 76.9 Å². The summed E-state index contributed by atoms with van der Waals surface area (Å²) in [5.74, 6) is 0.385. The van der Waals surface area contributed by atoms with Crippen LogP contribution in [0.1, 0.15) is 21.5 Å². The molecule has 0 N–H and O–H groups in total. The van der Waals surface area contributed by atoms with Gasteiger partial charge in [0.15, 0.2) is 0 Å². The van der Waals surface area contributed by atoms with Gasteiger partial charge in [0.2, 0.25) is 0 Å². The van der Waals surface area contributed by atoms with Gasteiger partial charge in [-0.05, 0) is 30.2 Å². The zero-order chi connectivity index (χ0) is 19.5. The maximum absolute atomic E-state index is 11.8. The van der Waals surface area contributed by atoms with E-state index in [1.165, 1.54) is 18.2 Å². The highest BCUT2D eigenvalue weighted by Crippen LogP contribution is 2.38. The van der Waals surface area contributed by atoms with E-state index in [1.54, 1.807) is 35.5 Å². The first kappa shape index (κ1) is 18.7. The van der Waals surface area contributed by atoms with Crippen LogP contribution in [0.4, 0.5) is 0 Å². The third-order valence-corrected chi connectivity index (χ3v) is 6.37. The van der Waals surface area contributed by atoms with Gasteiger partial charge in [0, 0.05) is 16.7 Å². The van der Waals surface area contributed by atoms with Crippen molar-refractivity contribution in [2.75, 3.05) is 7.11 Å². The number of hydrogen-bond donors (Lipinski definition) is 0. The SMILES string of the molecule is COC(=O)c1cccc(CSc2ncnc3scc(-c4ccc(C)cc4)c23)c1. The number of thiophene rings is 1. The van der Waals surface area contributed by atoms with Gasteiger partial charge in [-0.1, -0.05) is 42.0 Å². The van der Waals surface area contributed by atoms with Crippen LogP contribution < -0.4 is 0 Å². The Hall–Kier alpha value is -2.70. The molecule has 4 nitrogen and oxygen atoms in total. The minimum Gasteiger partial charge on any atom is -0.465 e. The molecule has 0 saturated heterocycles. The summed E-state index contributed by atoms with van der Waals surface area (Å²) in [6, 6.07) is 16.0. The highest BCUT2D eigenvalue weighted by atomic mass is 32.2. The molecular weight excluding hydrogens is 388 g/mol. The first-order valence-corrected chi connectivity index (χ1v) is 10.6. The van der Waals surface area contributed by atoms with Gasteiger partial charge in [-0.25, -0.2) is 14.8 Å². The molecule has 0 unspecified atom stereocenters. The summed E-state index contributed by atoms with van der Waals surface area (Å²) in [5.41, 5.74) is 5.17. The molecule has 0 spiro atoms. The van der Waals surface area contributed by atoms with Crippen LogP contribution in [0.25, 0.3) is 21.3 Å². The van der Waals surface area contributed by atoms with E-state index in [-0.39, 0.29) is 5.97 Å². The lowest BCUT2D eigenvalue weighted by atomic mass is 10.1. The van der Waals surface area contributed by atoms with Crippen molar-refractivity contribution in [3.8, 4) is 11.1 Å². The first-order valence-electron chi connectivity index (χ1n) is 8.75. The number of nitrogens with zero attached hydrogens (tertiary/aromatic N) is 2. The normalized spacial score (nSPS) is 10.9. The summed E-state index contributed by atoms with van der Waals surface area (Å²) in [6.07, 6.45) is 1.62. The van der Waals surface area contributed by atoms with Crippen molar-refractivity contribution >= 4 is 39.3 Å². The number of fused-ring (bicyclic) bond motifs is 1. The highest BCUT2D eigenvalue weighted by molar-refractivity contribution is 7.98. The van der Waals surface area contributed by atoms with Crippen molar-refractivity contribution in [2.24, 2.45) is 0 Å². The van der Waals surface area contributed by atoms with Crippen molar-refractivity contribution in [3.63, 3.8) is 0 Å². The summed E-state index contributed by atoms with van der Waals surface area (Å²) < 4.78 is 4.81. The smallest absolute Gasteiger partial charge is 0.337 e. The van der Waals surface area contributed by atoms with Gasteiger partial charge in [0.25, 0.3) is 0 Å². The summed E-state index contributed by atoms with van der Waals surface area (Å²) in [4.78, 5) is 21.7. The second kappa shape index (κ2) is 8.12. The molecule has 2 aromatic heterocycles. The van der Waals surface area contributed by atoms with Crippen LogP contribution >= 0.6 is 23.1 Å². The first-order chi connectivity index (χ1) is 13.7.